The fraction of sp³-hybridized carbons (Fsp3) is 0.538. The van der Waals surface area contributed by atoms with Crippen molar-refractivity contribution in [3.8, 4) is 0 Å². The summed E-state index contributed by atoms with van der Waals surface area (Å²) in [6, 6.07) is 1.67. The number of carbonyl (C=O) groups excluding carboxylic acids is 1. The van der Waals surface area contributed by atoms with Crippen LogP contribution in [0.3, 0.4) is 0 Å². The summed E-state index contributed by atoms with van der Waals surface area (Å²) in [6.07, 6.45) is 5.22. The third kappa shape index (κ3) is 4.01. The SMILES string of the molecule is CNc1cc(C(=O)NCC2CCCCS2)c(Cl)cn1. The molecule has 19 heavy (non-hydrogen) atoms. The summed E-state index contributed by atoms with van der Waals surface area (Å²) in [4.78, 5) is 16.2. The first-order valence-electron chi connectivity index (χ1n) is 6.44. The lowest BCUT2D eigenvalue weighted by Crippen LogP contribution is -2.32. The van der Waals surface area contributed by atoms with E-state index in [1.54, 1.807) is 13.1 Å². The molecule has 0 aromatic carbocycles. The van der Waals surface area contributed by atoms with Crippen LogP contribution in [0.1, 0.15) is 29.6 Å². The second kappa shape index (κ2) is 7.01. The summed E-state index contributed by atoms with van der Waals surface area (Å²) >= 11 is 7.95. The molecule has 1 saturated heterocycles. The van der Waals surface area contributed by atoms with Gasteiger partial charge in [0.2, 0.25) is 0 Å². The molecule has 1 aromatic heterocycles. The van der Waals surface area contributed by atoms with Gasteiger partial charge in [-0.15, -0.1) is 0 Å². The maximum Gasteiger partial charge on any atom is 0.253 e. The molecule has 4 nitrogen and oxygen atoms in total. The van der Waals surface area contributed by atoms with Crippen molar-refractivity contribution < 1.29 is 4.79 Å². The van der Waals surface area contributed by atoms with Crippen molar-refractivity contribution in [1.29, 1.82) is 0 Å². The lowest BCUT2D eigenvalue weighted by Gasteiger charge is -2.21. The monoisotopic (exact) mass is 299 g/mol. The molecule has 0 bridgehead atoms. The Morgan fingerprint density at radius 3 is 3.11 bits per heavy atom. The molecule has 2 N–H and O–H groups in total. The topological polar surface area (TPSA) is 54.0 Å². The smallest absolute Gasteiger partial charge is 0.253 e. The van der Waals surface area contributed by atoms with Gasteiger partial charge in [-0.2, -0.15) is 11.8 Å². The van der Waals surface area contributed by atoms with Crippen LogP contribution in [0.2, 0.25) is 5.02 Å². The summed E-state index contributed by atoms with van der Waals surface area (Å²) in [5.41, 5.74) is 0.474. The van der Waals surface area contributed by atoms with Crippen LogP contribution in [0.5, 0.6) is 0 Å². The van der Waals surface area contributed by atoms with E-state index in [4.69, 9.17) is 11.6 Å². The lowest BCUT2D eigenvalue weighted by molar-refractivity contribution is 0.0953. The predicted molar refractivity (Wildman–Crippen MR) is 81.2 cm³/mol. The minimum atomic E-state index is -0.130. The van der Waals surface area contributed by atoms with E-state index in [-0.39, 0.29) is 5.91 Å². The van der Waals surface area contributed by atoms with Crippen LogP contribution < -0.4 is 10.6 Å². The van der Waals surface area contributed by atoms with Gasteiger partial charge in [0.15, 0.2) is 0 Å². The highest BCUT2D eigenvalue weighted by Crippen LogP contribution is 2.24. The molecule has 0 saturated carbocycles. The predicted octanol–water partition coefficient (Wildman–Crippen LogP) is 2.79. The van der Waals surface area contributed by atoms with E-state index in [0.717, 1.165) is 0 Å². The van der Waals surface area contributed by atoms with Crippen molar-refractivity contribution >= 4 is 35.1 Å². The number of thioether (sulfide) groups is 1. The number of nitrogens with one attached hydrogen (secondary N) is 2. The molecule has 0 radical (unpaired) electrons. The molecule has 1 amide bonds. The number of hydrogen-bond acceptors (Lipinski definition) is 4. The minimum absolute atomic E-state index is 0.130. The molecule has 2 rings (SSSR count). The summed E-state index contributed by atoms with van der Waals surface area (Å²) in [7, 11) is 1.76. The highest BCUT2D eigenvalue weighted by atomic mass is 35.5. The Morgan fingerprint density at radius 2 is 2.42 bits per heavy atom. The number of hydrogen-bond donors (Lipinski definition) is 2. The maximum absolute atomic E-state index is 12.1. The van der Waals surface area contributed by atoms with Gasteiger partial charge in [-0.3, -0.25) is 4.79 Å². The normalized spacial score (nSPS) is 18.9. The van der Waals surface area contributed by atoms with E-state index in [9.17, 15) is 4.79 Å². The van der Waals surface area contributed by atoms with Crippen molar-refractivity contribution in [2.45, 2.75) is 24.5 Å². The Kier molecular flexibility index (Phi) is 5.34. The molecule has 1 atom stereocenters. The van der Waals surface area contributed by atoms with E-state index >= 15 is 0 Å². The quantitative estimate of drug-likeness (QED) is 0.897. The van der Waals surface area contributed by atoms with Gasteiger partial charge in [-0.05, 0) is 24.7 Å². The van der Waals surface area contributed by atoms with E-state index < -0.39 is 0 Å². The molecule has 1 aromatic rings. The summed E-state index contributed by atoms with van der Waals surface area (Å²) in [5.74, 6) is 1.71. The average Bonchev–Trinajstić information content (AvgIpc) is 2.46. The van der Waals surface area contributed by atoms with Crippen LogP contribution in [0.15, 0.2) is 12.3 Å². The van der Waals surface area contributed by atoms with Crippen molar-refractivity contribution in [2.75, 3.05) is 24.7 Å². The van der Waals surface area contributed by atoms with Gasteiger partial charge in [0.25, 0.3) is 5.91 Å². The number of rotatable bonds is 4. The first kappa shape index (κ1) is 14.5. The van der Waals surface area contributed by atoms with Gasteiger partial charge in [0.1, 0.15) is 5.82 Å². The molecule has 1 unspecified atom stereocenters. The molecule has 1 aliphatic rings. The summed E-state index contributed by atoms with van der Waals surface area (Å²) in [5, 5.41) is 6.77. The van der Waals surface area contributed by atoms with Gasteiger partial charge in [-0.1, -0.05) is 18.0 Å². The number of anilines is 1. The molecule has 1 fully saturated rings. The molecule has 2 heterocycles. The van der Waals surface area contributed by atoms with Crippen LogP contribution in [-0.4, -0.2) is 35.5 Å². The highest BCUT2D eigenvalue weighted by Gasteiger charge is 2.17. The van der Waals surface area contributed by atoms with Gasteiger partial charge in [0.05, 0.1) is 10.6 Å². The highest BCUT2D eigenvalue weighted by molar-refractivity contribution is 7.99. The Labute approximate surface area is 122 Å². The maximum atomic E-state index is 12.1. The van der Waals surface area contributed by atoms with Gasteiger partial charge < -0.3 is 10.6 Å². The van der Waals surface area contributed by atoms with Gasteiger partial charge >= 0.3 is 0 Å². The van der Waals surface area contributed by atoms with Crippen molar-refractivity contribution in [2.24, 2.45) is 0 Å². The van der Waals surface area contributed by atoms with Crippen molar-refractivity contribution in [3.63, 3.8) is 0 Å². The van der Waals surface area contributed by atoms with Crippen LogP contribution >= 0.6 is 23.4 Å². The molecule has 104 valence electrons. The van der Waals surface area contributed by atoms with Gasteiger partial charge in [-0.25, -0.2) is 4.98 Å². The zero-order valence-corrected chi connectivity index (χ0v) is 12.5. The Balaban J connectivity index is 1.95. The Morgan fingerprint density at radius 1 is 1.58 bits per heavy atom. The largest absolute Gasteiger partial charge is 0.373 e. The second-order valence-corrected chi connectivity index (χ2v) is 6.31. The number of aromatic nitrogens is 1. The fourth-order valence-corrected chi connectivity index (χ4v) is 3.45. The first-order valence-corrected chi connectivity index (χ1v) is 7.86. The molecule has 1 aliphatic heterocycles. The summed E-state index contributed by atoms with van der Waals surface area (Å²) < 4.78 is 0. The molecular weight excluding hydrogens is 282 g/mol. The van der Waals surface area contributed by atoms with Crippen LogP contribution in [-0.2, 0) is 0 Å². The molecule has 0 aliphatic carbocycles. The third-order valence-corrected chi connectivity index (χ3v) is 4.82. The summed E-state index contributed by atoms with van der Waals surface area (Å²) in [6.45, 7) is 0.705. The Bertz CT molecular complexity index is 450. The van der Waals surface area contributed by atoms with Crippen LogP contribution in [0, 0.1) is 0 Å². The van der Waals surface area contributed by atoms with E-state index in [1.165, 1.54) is 31.2 Å². The van der Waals surface area contributed by atoms with E-state index in [1.807, 2.05) is 11.8 Å². The number of amides is 1. The zero-order valence-electron chi connectivity index (χ0n) is 10.9. The van der Waals surface area contributed by atoms with Gasteiger partial charge in [0, 0.05) is 25.0 Å². The standard InChI is InChI=1S/C13H18ClN3OS/c1-15-12-6-10(11(14)8-16-12)13(18)17-7-9-4-2-3-5-19-9/h6,8-9H,2-5,7H2,1H3,(H,15,16)(H,17,18). The molecule has 0 spiro atoms. The van der Waals surface area contributed by atoms with E-state index in [2.05, 4.69) is 15.6 Å². The number of pyridine rings is 1. The molecular formula is C13H18ClN3OS. The second-order valence-electron chi connectivity index (χ2n) is 4.50. The Hall–Kier alpha value is -0.940. The first-order chi connectivity index (χ1) is 9.20. The molecule has 6 heteroatoms. The van der Waals surface area contributed by atoms with Crippen LogP contribution in [0.4, 0.5) is 5.82 Å². The third-order valence-electron chi connectivity index (χ3n) is 3.12. The lowest BCUT2D eigenvalue weighted by atomic mass is 10.2. The zero-order chi connectivity index (χ0) is 13.7. The number of nitrogens with zero attached hydrogens (tertiary/aromatic N) is 1. The van der Waals surface area contributed by atoms with Crippen molar-refractivity contribution in [1.82, 2.24) is 10.3 Å². The van der Waals surface area contributed by atoms with E-state index in [0.29, 0.717) is 28.2 Å². The minimum Gasteiger partial charge on any atom is -0.373 e. The fourth-order valence-electron chi connectivity index (χ4n) is 2.02. The van der Waals surface area contributed by atoms with Crippen LogP contribution in [0.25, 0.3) is 0 Å². The van der Waals surface area contributed by atoms with Crippen molar-refractivity contribution in [3.05, 3.63) is 22.8 Å². The average molecular weight is 300 g/mol. The number of carbonyl (C=O) groups is 1. The number of halogens is 1.